The predicted molar refractivity (Wildman–Crippen MR) is 108 cm³/mol. The van der Waals surface area contributed by atoms with Crippen molar-refractivity contribution in [2.45, 2.75) is 33.1 Å². The van der Waals surface area contributed by atoms with Crippen LogP contribution in [0.4, 0.5) is 10.5 Å². The van der Waals surface area contributed by atoms with E-state index < -0.39 is 5.91 Å². The monoisotopic (exact) mass is 384 g/mol. The summed E-state index contributed by atoms with van der Waals surface area (Å²) in [5.41, 5.74) is 1.94. The Hall–Kier alpha value is -3.01. The number of hydrogen-bond acceptors (Lipinski definition) is 5. The van der Waals surface area contributed by atoms with Gasteiger partial charge in [0, 0.05) is 38.1 Å². The first-order valence-electron chi connectivity index (χ1n) is 9.75. The summed E-state index contributed by atoms with van der Waals surface area (Å²) in [6.45, 7) is 6.35. The number of anilines is 1. The molecule has 0 radical (unpaired) electrons. The smallest absolute Gasteiger partial charge is 0.409 e. The van der Waals surface area contributed by atoms with Gasteiger partial charge in [0.15, 0.2) is 0 Å². The number of rotatable bonds is 7. The molecule has 0 bridgehead atoms. The first kappa shape index (κ1) is 21.3. The summed E-state index contributed by atoms with van der Waals surface area (Å²) in [6, 6.07) is 9.67. The molecule has 28 heavy (non-hydrogen) atoms. The molecule has 1 saturated heterocycles. The van der Waals surface area contributed by atoms with E-state index in [1.165, 1.54) is 5.56 Å². The van der Waals surface area contributed by atoms with Crippen LogP contribution in [0.25, 0.3) is 0 Å². The maximum absolute atomic E-state index is 12.4. The van der Waals surface area contributed by atoms with Crippen molar-refractivity contribution in [2.75, 3.05) is 38.1 Å². The van der Waals surface area contributed by atoms with Gasteiger partial charge in [-0.05, 0) is 37.5 Å². The van der Waals surface area contributed by atoms with Gasteiger partial charge in [-0.15, -0.1) is 0 Å². The first-order chi connectivity index (χ1) is 13.6. The molecule has 1 aliphatic heterocycles. The Balaban J connectivity index is 1.91. The Morgan fingerprint density at radius 3 is 2.43 bits per heavy atom. The predicted octanol–water partition coefficient (Wildman–Crippen LogP) is 3.15. The highest BCUT2D eigenvalue weighted by Gasteiger charge is 2.21. The Labute approximate surface area is 166 Å². The topological polar surface area (TPSA) is 85.7 Å². The van der Waals surface area contributed by atoms with Crippen LogP contribution in [-0.4, -0.2) is 54.6 Å². The van der Waals surface area contributed by atoms with E-state index in [1.54, 1.807) is 18.0 Å². The van der Waals surface area contributed by atoms with Gasteiger partial charge in [0.05, 0.1) is 6.61 Å². The van der Waals surface area contributed by atoms with E-state index in [2.05, 4.69) is 12.2 Å². The van der Waals surface area contributed by atoms with Gasteiger partial charge in [0.25, 0.3) is 5.91 Å². The molecule has 0 saturated carbocycles. The zero-order valence-electron chi connectivity index (χ0n) is 16.6. The van der Waals surface area contributed by atoms with E-state index >= 15 is 0 Å². The van der Waals surface area contributed by atoms with Crippen LogP contribution in [0, 0.1) is 11.3 Å². The van der Waals surface area contributed by atoms with Crippen molar-refractivity contribution in [3.05, 3.63) is 41.6 Å². The highest BCUT2D eigenvalue weighted by Crippen LogP contribution is 2.13. The van der Waals surface area contributed by atoms with Gasteiger partial charge < -0.3 is 19.9 Å². The minimum atomic E-state index is -0.434. The molecule has 1 aromatic rings. The van der Waals surface area contributed by atoms with Crippen LogP contribution < -0.4 is 5.32 Å². The highest BCUT2D eigenvalue weighted by molar-refractivity contribution is 6.06. The second-order valence-corrected chi connectivity index (χ2v) is 6.63. The molecule has 0 aliphatic carbocycles. The van der Waals surface area contributed by atoms with E-state index in [0.717, 1.165) is 19.3 Å². The maximum Gasteiger partial charge on any atom is 0.409 e. The molecule has 7 nitrogen and oxygen atoms in total. The largest absolute Gasteiger partial charge is 0.450 e. The lowest BCUT2D eigenvalue weighted by Crippen LogP contribution is -2.47. The van der Waals surface area contributed by atoms with E-state index in [4.69, 9.17) is 4.74 Å². The van der Waals surface area contributed by atoms with Crippen LogP contribution in [0.1, 0.15) is 32.3 Å². The number of hydrogen-bond donors (Lipinski definition) is 1. The fourth-order valence-electron chi connectivity index (χ4n) is 2.90. The number of piperazine rings is 1. The van der Waals surface area contributed by atoms with E-state index in [1.807, 2.05) is 35.2 Å². The molecule has 1 aromatic carbocycles. The third-order valence-electron chi connectivity index (χ3n) is 4.55. The van der Waals surface area contributed by atoms with Crippen molar-refractivity contribution in [3.8, 4) is 6.07 Å². The molecule has 0 atom stereocenters. The van der Waals surface area contributed by atoms with Crippen molar-refractivity contribution in [1.82, 2.24) is 9.80 Å². The Morgan fingerprint density at radius 1 is 1.18 bits per heavy atom. The minimum absolute atomic E-state index is 0.0413. The molecular weight excluding hydrogens is 356 g/mol. The lowest BCUT2D eigenvalue weighted by Gasteiger charge is -2.33. The summed E-state index contributed by atoms with van der Waals surface area (Å²) < 4.78 is 4.99. The van der Waals surface area contributed by atoms with Gasteiger partial charge in [0.2, 0.25) is 0 Å². The lowest BCUT2D eigenvalue weighted by molar-refractivity contribution is -0.112. The lowest BCUT2D eigenvalue weighted by atomic mass is 10.1. The number of nitrogens with one attached hydrogen (secondary N) is 1. The van der Waals surface area contributed by atoms with Gasteiger partial charge >= 0.3 is 6.09 Å². The average Bonchev–Trinajstić information content (AvgIpc) is 2.72. The normalized spacial score (nSPS) is 14.4. The van der Waals surface area contributed by atoms with Crippen molar-refractivity contribution >= 4 is 17.7 Å². The first-order valence-corrected chi connectivity index (χ1v) is 9.75. The molecule has 1 heterocycles. The van der Waals surface area contributed by atoms with E-state index in [-0.39, 0.29) is 11.7 Å². The molecule has 0 spiro atoms. The number of amides is 2. The minimum Gasteiger partial charge on any atom is -0.450 e. The molecule has 7 heteroatoms. The van der Waals surface area contributed by atoms with Gasteiger partial charge in [-0.25, -0.2) is 4.79 Å². The van der Waals surface area contributed by atoms with Crippen LogP contribution >= 0.6 is 0 Å². The summed E-state index contributed by atoms with van der Waals surface area (Å²) in [6.07, 6.45) is 4.53. The maximum atomic E-state index is 12.4. The van der Waals surface area contributed by atoms with Gasteiger partial charge in [-0.3, -0.25) is 4.79 Å². The number of nitrogens with zero attached hydrogens (tertiary/aromatic N) is 3. The third kappa shape index (κ3) is 6.31. The van der Waals surface area contributed by atoms with Crippen LogP contribution in [0.2, 0.25) is 0 Å². The van der Waals surface area contributed by atoms with Crippen molar-refractivity contribution < 1.29 is 14.3 Å². The number of unbranched alkanes of at least 4 members (excludes halogenated alkanes) is 1. The second-order valence-electron chi connectivity index (χ2n) is 6.63. The average molecular weight is 384 g/mol. The summed E-state index contributed by atoms with van der Waals surface area (Å²) in [7, 11) is 0. The molecule has 2 rings (SSSR count). The fraction of sp³-hybridized carbons (Fsp3) is 0.476. The van der Waals surface area contributed by atoms with Gasteiger partial charge in [-0.1, -0.05) is 25.5 Å². The Morgan fingerprint density at radius 2 is 1.86 bits per heavy atom. The zero-order valence-corrected chi connectivity index (χ0v) is 16.6. The van der Waals surface area contributed by atoms with E-state index in [9.17, 15) is 14.9 Å². The molecule has 0 unspecified atom stereocenters. The number of carbonyl (C=O) groups is 2. The zero-order chi connectivity index (χ0) is 20.4. The third-order valence-corrected chi connectivity index (χ3v) is 4.55. The summed E-state index contributed by atoms with van der Waals surface area (Å²) in [4.78, 5) is 27.7. The SMILES string of the molecule is CCCCc1ccc(NC(=O)/C(C#N)=C\N2CCN(C(=O)OCC)CC2)cc1. The summed E-state index contributed by atoms with van der Waals surface area (Å²) in [5, 5.41) is 12.1. The van der Waals surface area contributed by atoms with Gasteiger partial charge in [0.1, 0.15) is 11.6 Å². The Bertz CT molecular complexity index is 729. The molecule has 0 aromatic heterocycles. The Kier molecular flexibility index (Phi) is 8.35. The van der Waals surface area contributed by atoms with Crippen molar-refractivity contribution in [2.24, 2.45) is 0 Å². The molecule has 1 N–H and O–H groups in total. The number of ether oxygens (including phenoxy) is 1. The summed E-state index contributed by atoms with van der Waals surface area (Å²) >= 11 is 0. The molecular formula is C21H28N4O3. The van der Waals surface area contributed by atoms with E-state index in [0.29, 0.717) is 38.5 Å². The molecule has 150 valence electrons. The molecule has 2 amide bonds. The van der Waals surface area contributed by atoms with Crippen LogP contribution in [0.15, 0.2) is 36.0 Å². The second kappa shape index (κ2) is 11.0. The summed E-state index contributed by atoms with van der Waals surface area (Å²) in [5.74, 6) is -0.434. The number of carbonyl (C=O) groups excluding carboxylic acids is 2. The van der Waals surface area contributed by atoms with Crippen molar-refractivity contribution in [1.29, 1.82) is 5.26 Å². The number of aryl methyl sites for hydroxylation is 1. The molecule has 1 aliphatic rings. The standard InChI is InChI=1S/C21H28N4O3/c1-3-5-6-17-7-9-19(10-8-17)23-20(26)18(15-22)16-24-11-13-25(14-12-24)21(27)28-4-2/h7-10,16H,3-6,11-14H2,1-2H3,(H,23,26)/b18-16-. The van der Waals surface area contributed by atoms with Gasteiger partial charge in [-0.2, -0.15) is 5.26 Å². The highest BCUT2D eigenvalue weighted by atomic mass is 16.6. The quantitative estimate of drug-likeness (QED) is 0.576. The van der Waals surface area contributed by atoms with Crippen LogP contribution in [-0.2, 0) is 16.0 Å². The van der Waals surface area contributed by atoms with Crippen molar-refractivity contribution in [3.63, 3.8) is 0 Å². The number of nitriles is 1. The fourth-order valence-corrected chi connectivity index (χ4v) is 2.90. The van der Waals surface area contributed by atoms with Crippen LogP contribution in [0.5, 0.6) is 0 Å². The van der Waals surface area contributed by atoms with Crippen LogP contribution in [0.3, 0.4) is 0 Å². The number of benzene rings is 1. The molecule has 1 fully saturated rings.